The Morgan fingerprint density at radius 1 is 1.33 bits per heavy atom. The minimum Gasteiger partial charge on any atom is -0.462 e. The number of aromatic nitrogens is 3. The maximum atomic E-state index is 13.2. The van der Waals surface area contributed by atoms with E-state index in [0.717, 1.165) is 12.8 Å². The maximum Gasteiger partial charge on any atom is 0.343 e. The summed E-state index contributed by atoms with van der Waals surface area (Å²) in [6, 6.07) is 1.36. The Hall–Kier alpha value is -2.48. The molecule has 2 heterocycles. The summed E-state index contributed by atoms with van der Waals surface area (Å²) in [6.07, 6.45) is 3.75. The molecule has 0 amide bonds. The second-order valence-corrected chi connectivity index (χ2v) is 7.09. The van der Waals surface area contributed by atoms with E-state index in [4.69, 9.17) is 10.5 Å². The van der Waals surface area contributed by atoms with E-state index < -0.39 is 11.5 Å². The van der Waals surface area contributed by atoms with Crippen molar-refractivity contribution in [1.29, 1.82) is 0 Å². The van der Waals surface area contributed by atoms with Crippen molar-refractivity contribution >= 4 is 23.0 Å². The second kappa shape index (κ2) is 8.04. The van der Waals surface area contributed by atoms with Crippen LogP contribution in [0.15, 0.2) is 10.9 Å². The number of nitrogen functional groups attached to an aromatic ring is 1. The first kappa shape index (κ1) is 19.3. The zero-order valence-electron chi connectivity index (χ0n) is 15.8. The molecule has 146 valence electrons. The lowest BCUT2D eigenvalue weighted by molar-refractivity contribution is 0.0496. The number of rotatable bonds is 5. The summed E-state index contributed by atoms with van der Waals surface area (Å²) in [5.41, 5.74) is 6.39. The first-order chi connectivity index (χ1) is 12.9. The molecule has 1 fully saturated rings. The van der Waals surface area contributed by atoms with Crippen LogP contribution in [-0.2, 0) is 4.74 Å². The van der Waals surface area contributed by atoms with Crippen LogP contribution in [0.25, 0.3) is 11.0 Å². The molecule has 3 rings (SSSR count). The van der Waals surface area contributed by atoms with Gasteiger partial charge in [-0.3, -0.25) is 9.36 Å². The highest BCUT2D eigenvalue weighted by Crippen LogP contribution is 2.30. The van der Waals surface area contributed by atoms with E-state index in [1.54, 1.807) is 11.5 Å². The number of nitrogens with zero attached hydrogens (tertiary/aromatic N) is 3. The number of unbranched alkanes of at least 4 members (excludes halogenated alkanes) is 1. The average molecular weight is 374 g/mol. The molecular formula is C19H26N4O4. The van der Waals surface area contributed by atoms with Crippen molar-refractivity contribution in [2.24, 2.45) is 0 Å². The molecule has 0 atom stereocenters. The molecule has 3 N–H and O–H groups in total. The number of anilines is 1. The summed E-state index contributed by atoms with van der Waals surface area (Å²) in [5, 5.41) is 10.4. The molecule has 1 aliphatic rings. The lowest BCUT2D eigenvalue weighted by atomic mass is 9.92. The van der Waals surface area contributed by atoms with Crippen LogP contribution in [0.4, 0.5) is 5.95 Å². The number of carbonyl (C=O) groups is 1. The number of carbonyl (C=O) groups excluding carboxylic acids is 1. The highest BCUT2D eigenvalue weighted by molar-refractivity contribution is 5.93. The molecule has 1 aliphatic carbocycles. The minimum atomic E-state index is -0.629. The van der Waals surface area contributed by atoms with Crippen LogP contribution in [0.3, 0.4) is 0 Å². The molecule has 0 spiro atoms. The quantitative estimate of drug-likeness (QED) is 0.607. The fourth-order valence-electron chi connectivity index (χ4n) is 3.56. The van der Waals surface area contributed by atoms with Crippen molar-refractivity contribution in [3.8, 4) is 0 Å². The van der Waals surface area contributed by atoms with Gasteiger partial charge in [-0.25, -0.2) is 9.78 Å². The predicted molar refractivity (Wildman–Crippen MR) is 102 cm³/mol. The maximum absolute atomic E-state index is 13.2. The van der Waals surface area contributed by atoms with Crippen molar-refractivity contribution in [1.82, 2.24) is 14.5 Å². The summed E-state index contributed by atoms with van der Waals surface area (Å²) in [5.74, 6) is -0.543. The number of aliphatic hydroxyl groups excluding tert-OH is 1. The number of pyridine rings is 1. The molecule has 0 unspecified atom stereocenters. The number of ether oxygens (including phenoxy) is 1. The third-order valence-electron chi connectivity index (χ3n) is 5.08. The number of nitrogens with two attached hydrogens (primary N) is 1. The van der Waals surface area contributed by atoms with Gasteiger partial charge >= 0.3 is 5.97 Å². The van der Waals surface area contributed by atoms with Gasteiger partial charge < -0.3 is 15.6 Å². The molecule has 0 radical (unpaired) electrons. The van der Waals surface area contributed by atoms with Crippen molar-refractivity contribution < 1.29 is 14.6 Å². The average Bonchev–Trinajstić information content (AvgIpc) is 2.62. The Morgan fingerprint density at radius 2 is 2.04 bits per heavy atom. The van der Waals surface area contributed by atoms with Gasteiger partial charge in [0, 0.05) is 11.4 Å². The van der Waals surface area contributed by atoms with Crippen molar-refractivity contribution in [2.75, 3.05) is 12.3 Å². The van der Waals surface area contributed by atoms with Crippen molar-refractivity contribution in [2.45, 2.75) is 64.5 Å². The molecule has 0 aromatic carbocycles. The summed E-state index contributed by atoms with van der Waals surface area (Å²) < 4.78 is 6.81. The van der Waals surface area contributed by atoms with Gasteiger partial charge in [-0.15, -0.1) is 0 Å². The SMILES string of the molecule is CCCCOC(=O)c1cc2c(C)nc(N)nc2n(C2CCC(O)CC2)c1=O. The van der Waals surface area contributed by atoms with Crippen LogP contribution in [0.5, 0.6) is 0 Å². The first-order valence-electron chi connectivity index (χ1n) is 9.47. The molecule has 0 saturated heterocycles. The van der Waals surface area contributed by atoms with Crippen LogP contribution in [0.1, 0.15) is 67.5 Å². The van der Waals surface area contributed by atoms with Gasteiger partial charge in [0.2, 0.25) is 5.95 Å². The topological polar surface area (TPSA) is 120 Å². The summed E-state index contributed by atoms with van der Waals surface area (Å²) >= 11 is 0. The van der Waals surface area contributed by atoms with E-state index in [-0.39, 0.29) is 30.3 Å². The number of hydrogen-bond acceptors (Lipinski definition) is 7. The Kier molecular flexibility index (Phi) is 5.74. The number of hydrogen-bond donors (Lipinski definition) is 2. The molecule has 2 aromatic heterocycles. The highest BCUT2D eigenvalue weighted by atomic mass is 16.5. The summed E-state index contributed by atoms with van der Waals surface area (Å²) in [7, 11) is 0. The molecule has 2 aromatic rings. The molecule has 8 nitrogen and oxygen atoms in total. The monoisotopic (exact) mass is 374 g/mol. The molecule has 0 aliphatic heterocycles. The Morgan fingerprint density at radius 3 is 2.70 bits per heavy atom. The number of esters is 1. The first-order valence-corrected chi connectivity index (χ1v) is 9.47. The van der Waals surface area contributed by atoms with Crippen LogP contribution >= 0.6 is 0 Å². The molecule has 0 bridgehead atoms. The Labute approximate surface area is 157 Å². The predicted octanol–water partition coefficient (Wildman–Crippen LogP) is 2.12. The van der Waals surface area contributed by atoms with E-state index in [0.29, 0.717) is 42.4 Å². The van der Waals surface area contributed by atoms with Crippen molar-refractivity contribution in [3.05, 3.63) is 27.7 Å². The van der Waals surface area contributed by atoms with E-state index >= 15 is 0 Å². The van der Waals surface area contributed by atoms with Gasteiger partial charge in [-0.2, -0.15) is 4.98 Å². The van der Waals surface area contributed by atoms with Crippen LogP contribution in [-0.4, -0.2) is 38.3 Å². The fourth-order valence-corrected chi connectivity index (χ4v) is 3.56. The lowest BCUT2D eigenvalue weighted by Gasteiger charge is -2.28. The largest absolute Gasteiger partial charge is 0.462 e. The summed E-state index contributed by atoms with van der Waals surface area (Å²) in [6.45, 7) is 4.05. The normalized spacial score (nSPS) is 20.0. The third kappa shape index (κ3) is 3.95. The van der Waals surface area contributed by atoms with Gasteiger partial charge in [0.15, 0.2) is 0 Å². The van der Waals surface area contributed by atoms with Gasteiger partial charge in [0.25, 0.3) is 5.56 Å². The van der Waals surface area contributed by atoms with E-state index in [2.05, 4.69) is 9.97 Å². The van der Waals surface area contributed by atoms with Gasteiger partial charge in [0.05, 0.1) is 18.4 Å². The fraction of sp³-hybridized carbons (Fsp3) is 0.579. The van der Waals surface area contributed by atoms with E-state index in [9.17, 15) is 14.7 Å². The minimum absolute atomic E-state index is 0.0128. The lowest BCUT2D eigenvalue weighted by Crippen LogP contribution is -2.34. The third-order valence-corrected chi connectivity index (χ3v) is 5.08. The van der Waals surface area contributed by atoms with E-state index in [1.165, 1.54) is 6.07 Å². The van der Waals surface area contributed by atoms with Gasteiger partial charge in [0.1, 0.15) is 11.2 Å². The number of fused-ring (bicyclic) bond motifs is 1. The van der Waals surface area contributed by atoms with Crippen LogP contribution in [0.2, 0.25) is 0 Å². The van der Waals surface area contributed by atoms with Crippen LogP contribution < -0.4 is 11.3 Å². The van der Waals surface area contributed by atoms with Crippen LogP contribution in [0, 0.1) is 6.92 Å². The highest BCUT2D eigenvalue weighted by Gasteiger charge is 2.27. The summed E-state index contributed by atoms with van der Waals surface area (Å²) in [4.78, 5) is 34.1. The zero-order chi connectivity index (χ0) is 19.6. The van der Waals surface area contributed by atoms with E-state index in [1.807, 2.05) is 6.92 Å². The van der Waals surface area contributed by atoms with Gasteiger partial charge in [-0.05, 0) is 45.1 Å². The second-order valence-electron chi connectivity index (χ2n) is 7.09. The molecular weight excluding hydrogens is 348 g/mol. The Balaban J connectivity index is 2.13. The molecule has 1 saturated carbocycles. The Bertz CT molecular complexity index is 901. The number of aryl methyl sites for hydroxylation is 1. The zero-order valence-corrected chi connectivity index (χ0v) is 15.8. The smallest absolute Gasteiger partial charge is 0.343 e. The molecule has 27 heavy (non-hydrogen) atoms. The number of aliphatic hydroxyl groups is 1. The van der Waals surface area contributed by atoms with Crippen molar-refractivity contribution in [3.63, 3.8) is 0 Å². The molecule has 8 heteroatoms. The standard InChI is InChI=1S/C19H26N4O4/c1-3-4-9-27-18(26)15-10-14-11(2)21-19(20)22-16(14)23(17(15)25)12-5-7-13(24)8-6-12/h10,12-13,24H,3-9H2,1-2H3,(H2,20,21,22). The van der Waals surface area contributed by atoms with Gasteiger partial charge in [-0.1, -0.05) is 13.3 Å².